The van der Waals surface area contributed by atoms with Gasteiger partial charge in [-0.2, -0.15) is 8.78 Å². The van der Waals surface area contributed by atoms with Crippen LogP contribution in [0.5, 0.6) is 5.75 Å². The lowest BCUT2D eigenvalue weighted by Crippen LogP contribution is -2.28. The summed E-state index contributed by atoms with van der Waals surface area (Å²) in [4.78, 5) is 11.9. The van der Waals surface area contributed by atoms with Crippen molar-refractivity contribution in [1.29, 1.82) is 0 Å². The van der Waals surface area contributed by atoms with Gasteiger partial charge in [0.15, 0.2) is 0 Å². The highest BCUT2D eigenvalue weighted by molar-refractivity contribution is 5.90. The molecule has 1 aliphatic rings. The number of carbonyl (C=O) groups excluding carboxylic acids is 1. The summed E-state index contributed by atoms with van der Waals surface area (Å²) in [6.07, 6.45) is 3.42. The van der Waals surface area contributed by atoms with E-state index in [9.17, 15) is 13.6 Å². The smallest absolute Gasteiger partial charge is 0.387 e. The quantitative estimate of drug-likeness (QED) is 0.876. The van der Waals surface area contributed by atoms with E-state index in [0.29, 0.717) is 12.1 Å². The van der Waals surface area contributed by atoms with Crippen molar-refractivity contribution in [2.24, 2.45) is 11.7 Å². The maximum Gasteiger partial charge on any atom is 0.387 e. The van der Waals surface area contributed by atoms with Gasteiger partial charge < -0.3 is 15.8 Å². The van der Waals surface area contributed by atoms with Gasteiger partial charge in [0.25, 0.3) is 0 Å². The average Bonchev–Trinajstić information content (AvgIpc) is 2.77. The Labute approximate surface area is 128 Å². The van der Waals surface area contributed by atoms with E-state index >= 15 is 0 Å². The number of hydrogen-bond donors (Lipinski definition) is 2. The molecule has 0 unspecified atom stereocenters. The van der Waals surface area contributed by atoms with Crippen molar-refractivity contribution in [3.8, 4) is 5.75 Å². The number of hydrogen-bond acceptors (Lipinski definition) is 3. The Morgan fingerprint density at radius 2 is 2.00 bits per heavy atom. The molecule has 0 heterocycles. The van der Waals surface area contributed by atoms with Crippen LogP contribution in [0.2, 0.25) is 0 Å². The molecule has 21 heavy (non-hydrogen) atoms. The van der Waals surface area contributed by atoms with Gasteiger partial charge in [-0.15, -0.1) is 12.4 Å². The van der Waals surface area contributed by atoms with E-state index in [1.165, 1.54) is 24.3 Å². The van der Waals surface area contributed by atoms with Gasteiger partial charge in [-0.1, -0.05) is 6.42 Å². The Kier molecular flexibility index (Phi) is 6.84. The largest absolute Gasteiger partial charge is 0.435 e. The summed E-state index contributed by atoms with van der Waals surface area (Å²) in [6, 6.07) is 5.95. The molecule has 0 spiro atoms. The number of amides is 1. The molecule has 1 fully saturated rings. The molecule has 1 amide bonds. The van der Waals surface area contributed by atoms with Gasteiger partial charge in [-0.05, 0) is 43.0 Å². The van der Waals surface area contributed by atoms with E-state index < -0.39 is 6.61 Å². The Hall–Kier alpha value is -1.40. The number of carbonyl (C=O) groups is 1. The summed E-state index contributed by atoms with van der Waals surface area (Å²) >= 11 is 0. The zero-order chi connectivity index (χ0) is 14.5. The molecule has 4 nitrogen and oxygen atoms in total. The van der Waals surface area contributed by atoms with Crippen LogP contribution >= 0.6 is 12.4 Å². The monoisotopic (exact) mass is 320 g/mol. The fourth-order valence-corrected chi connectivity index (χ4v) is 2.49. The number of nitrogens with two attached hydrogens (primary N) is 1. The molecule has 0 radical (unpaired) electrons. The number of nitrogens with one attached hydrogen (secondary N) is 1. The standard InChI is InChI=1S/C14H18F2N2O2.ClH/c15-14(16)20-11-6-4-10(5-7-11)18-13(19)8-9-2-1-3-12(9)17;/h4-7,9,12,14H,1-3,8,17H2,(H,18,19);1H/t9-,12+;/m0./s1. The van der Waals surface area contributed by atoms with Crippen LogP contribution in [0.3, 0.4) is 0 Å². The lowest BCUT2D eigenvalue weighted by atomic mass is 10.00. The summed E-state index contributed by atoms with van der Waals surface area (Å²) < 4.78 is 28.2. The summed E-state index contributed by atoms with van der Waals surface area (Å²) in [5.74, 6) is 0.196. The summed E-state index contributed by atoms with van der Waals surface area (Å²) in [7, 11) is 0. The predicted molar refractivity (Wildman–Crippen MR) is 78.9 cm³/mol. The van der Waals surface area contributed by atoms with E-state index in [2.05, 4.69) is 10.1 Å². The second-order valence-corrected chi connectivity index (χ2v) is 5.01. The van der Waals surface area contributed by atoms with Crippen LogP contribution in [0.15, 0.2) is 24.3 Å². The molecule has 0 saturated heterocycles. The number of benzene rings is 1. The topological polar surface area (TPSA) is 64.4 Å². The minimum atomic E-state index is -2.85. The first-order valence-electron chi connectivity index (χ1n) is 6.65. The third-order valence-electron chi connectivity index (χ3n) is 3.53. The van der Waals surface area contributed by atoms with E-state index in [0.717, 1.165) is 19.3 Å². The van der Waals surface area contributed by atoms with Gasteiger partial charge in [-0.25, -0.2) is 0 Å². The molecule has 0 bridgehead atoms. The molecule has 1 aromatic rings. The number of ether oxygens (including phenoxy) is 1. The molecule has 118 valence electrons. The van der Waals surface area contributed by atoms with E-state index in [1.807, 2.05) is 0 Å². The van der Waals surface area contributed by atoms with Gasteiger partial charge in [-0.3, -0.25) is 4.79 Å². The second-order valence-electron chi connectivity index (χ2n) is 5.01. The van der Waals surface area contributed by atoms with Crippen LogP contribution in [0.25, 0.3) is 0 Å². The molecule has 1 aromatic carbocycles. The fraction of sp³-hybridized carbons (Fsp3) is 0.500. The third-order valence-corrected chi connectivity index (χ3v) is 3.53. The Morgan fingerprint density at radius 3 is 2.52 bits per heavy atom. The molecule has 7 heteroatoms. The Balaban J connectivity index is 0.00000220. The minimum absolute atomic E-state index is 0. The molecule has 3 N–H and O–H groups in total. The summed E-state index contributed by atoms with van der Waals surface area (Å²) in [5.41, 5.74) is 6.48. The molecule has 1 aliphatic carbocycles. The summed E-state index contributed by atoms with van der Waals surface area (Å²) in [5, 5.41) is 2.73. The van der Waals surface area contributed by atoms with Gasteiger partial charge >= 0.3 is 6.61 Å². The number of anilines is 1. The van der Waals surface area contributed by atoms with Crippen molar-refractivity contribution < 1.29 is 18.3 Å². The molecule has 0 aromatic heterocycles. The predicted octanol–water partition coefficient (Wildman–Crippen LogP) is 3.17. The second kappa shape index (κ2) is 8.14. The van der Waals surface area contributed by atoms with Crippen molar-refractivity contribution >= 4 is 24.0 Å². The summed E-state index contributed by atoms with van der Waals surface area (Å²) in [6.45, 7) is -2.85. The van der Waals surface area contributed by atoms with Crippen molar-refractivity contribution in [2.45, 2.75) is 38.3 Å². The van der Waals surface area contributed by atoms with Crippen LogP contribution in [0.4, 0.5) is 14.5 Å². The van der Waals surface area contributed by atoms with Crippen LogP contribution in [0.1, 0.15) is 25.7 Å². The zero-order valence-corrected chi connectivity index (χ0v) is 12.2. The molecule has 2 rings (SSSR count). The lowest BCUT2D eigenvalue weighted by molar-refractivity contribution is -0.117. The Bertz CT molecular complexity index is 457. The maximum absolute atomic E-state index is 12.0. The highest BCUT2D eigenvalue weighted by Crippen LogP contribution is 2.27. The maximum atomic E-state index is 12.0. The van der Waals surface area contributed by atoms with E-state index in [-0.39, 0.29) is 36.0 Å². The van der Waals surface area contributed by atoms with Gasteiger partial charge in [0.05, 0.1) is 0 Å². The first-order valence-corrected chi connectivity index (χ1v) is 6.65. The third kappa shape index (κ3) is 5.47. The fourth-order valence-electron chi connectivity index (χ4n) is 2.49. The number of halogens is 3. The molecule has 1 saturated carbocycles. The SMILES string of the molecule is Cl.N[C@@H]1CCC[C@H]1CC(=O)Nc1ccc(OC(F)F)cc1. The van der Waals surface area contributed by atoms with Crippen molar-refractivity contribution in [3.05, 3.63) is 24.3 Å². The zero-order valence-electron chi connectivity index (χ0n) is 11.4. The number of rotatable bonds is 5. The number of alkyl halides is 2. The molecule has 0 aliphatic heterocycles. The van der Waals surface area contributed by atoms with Crippen molar-refractivity contribution in [1.82, 2.24) is 0 Å². The van der Waals surface area contributed by atoms with Crippen molar-refractivity contribution in [3.63, 3.8) is 0 Å². The first-order chi connectivity index (χ1) is 9.54. The van der Waals surface area contributed by atoms with Crippen LogP contribution in [0, 0.1) is 5.92 Å². The van der Waals surface area contributed by atoms with E-state index in [4.69, 9.17) is 5.73 Å². The average molecular weight is 321 g/mol. The van der Waals surface area contributed by atoms with Crippen LogP contribution in [-0.4, -0.2) is 18.6 Å². The molecular formula is C14H19ClF2N2O2. The highest BCUT2D eigenvalue weighted by Gasteiger charge is 2.25. The minimum Gasteiger partial charge on any atom is -0.435 e. The van der Waals surface area contributed by atoms with Gasteiger partial charge in [0, 0.05) is 18.2 Å². The normalized spacial score (nSPS) is 21.0. The van der Waals surface area contributed by atoms with Gasteiger partial charge in [0.1, 0.15) is 5.75 Å². The lowest BCUT2D eigenvalue weighted by Gasteiger charge is -2.14. The van der Waals surface area contributed by atoms with Crippen molar-refractivity contribution in [2.75, 3.05) is 5.32 Å². The van der Waals surface area contributed by atoms with Crippen LogP contribution in [-0.2, 0) is 4.79 Å². The van der Waals surface area contributed by atoms with E-state index in [1.54, 1.807) is 0 Å². The van der Waals surface area contributed by atoms with Gasteiger partial charge in [0.2, 0.25) is 5.91 Å². The van der Waals surface area contributed by atoms with Crippen LogP contribution < -0.4 is 15.8 Å². The highest BCUT2D eigenvalue weighted by atomic mass is 35.5. The molecular weight excluding hydrogens is 302 g/mol. The Morgan fingerprint density at radius 1 is 1.33 bits per heavy atom. The molecule has 2 atom stereocenters. The first kappa shape index (κ1) is 17.7.